The van der Waals surface area contributed by atoms with E-state index in [0.717, 1.165) is 25.9 Å². The fourth-order valence-corrected chi connectivity index (χ4v) is 2.77. The number of amides is 2. The zero-order valence-electron chi connectivity index (χ0n) is 11.0. The summed E-state index contributed by atoms with van der Waals surface area (Å²) in [6.07, 6.45) is 5.80. The second-order valence-corrected chi connectivity index (χ2v) is 5.33. The lowest BCUT2D eigenvalue weighted by atomic mass is 10.1. The maximum atomic E-state index is 12.0. The molecule has 2 saturated heterocycles. The van der Waals surface area contributed by atoms with Crippen molar-refractivity contribution in [3.05, 3.63) is 12.4 Å². The van der Waals surface area contributed by atoms with Crippen LogP contribution in [-0.4, -0.2) is 34.7 Å². The molecule has 0 saturated carbocycles. The van der Waals surface area contributed by atoms with Gasteiger partial charge in [-0.3, -0.25) is 14.3 Å². The Bertz CT molecular complexity index is 504. The lowest BCUT2D eigenvalue weighted by Crippen LogP contribution is -2.30. The Balaban J connectivity index is 1.81. The van der Waals surface area contributed by atoms with Gasteiger partial charge >= 0.3 is 0 Å². The van der Waals surface area contributed by atoms with Crippen molar-refractivity contribution in [2.24, 2.45) is 5.92 Å². The van der Waals surface area contributed by atoms with E-state index >= 15 is 0 Å². The minimum atomic E-state index is -0.213. The Morgan fingerprint density at radius 2 is 2.05 bits per heavy atom. The van der Waals surface area contributed by atoms with Crippen molar-refractivity contribution >= 4 is 17.5 Å². The summed E-state index contributed by atoms with van der Waals surface area (Å²) < 4.78 is 1.89. The molecule has 2 amide bonds. The van der Waals surface area contributed by atoms with Gasteiger partial charge in [0, 0.05) is 18.5 Å². The summed E-state index contributed by atoms with van der Waals surface area (Å²) in [7, 11) is 0. The SMILES string of the molecule is CC1CC(=O)N(c2cnn(C3CCNCC3)c2)C1=O. The molecule has 1 aromatic heterocycles. The summed E-state index contributed by atoms with van der Waals surface area (Å²) in [5, 5.41) is 7.63. The molecule has 3 heterocycles. The van der Waals surface area contributed by atoms with E-state index in [1.54, 1.807) is 13.1 Å². The number of piperidine rings is 1. The predicted octanol–water partition coefficient (Wildman–Crippen LogP) is 0.707. The number of hydrogen-bond donors (Lipinski definition) is 1. The standard InChI is InChI=1S/C13H18N4O2/c1-9-6-12(18)17(13(9)19)11-7-15-16(8-11)10-2-4-14-5-3-10/h7-10,14H,2-6H2,1H3. The van der Waals surface area contributed by atoms with Crippen LogP contribution in [0.1, 0.15) is 32.2 Å². The predicted molar refractivity (Wildman–Crippen MR) is 69.6 cm³/mol. The first-order chi connectivity index (χ1) is 9.16. The highest BCUT2D eigenvalue weighted by Gasteiger charge is 2.37. The lowest BCUT2D eigenvalue weighted by molar-refractivity contribution is -0.122. The second-order valence-electron chi connectivity index (χ2n) is 5.33. The molecule has 1 aromatic rings. The Hall–Kier alpha value is -1.69. The minimum absolute atomic E-state index is 0.116. The highest BCUT2D eigenvalue weighted by molar-refractivity contribution is 6.20. The first-order valence-corrected chi connectivity index (χ1v) is 6.78. The number of hydrogen-bond acceptors (Lipinski definition) is 4. The largest absolute Gasteiger partial charge is 0.317 e. The van der Waals surface area contributed by atoms with Gasteiger partial charge in [0.15, 0.2) is 0 Å². The van der Waals surface area contributed by atoms with Crippen LogP contribution in [0.4, 0.5) is 5.69 Å². The topological polar surface area (TPSA) is 67.2 Å². The summed E-state index contributed by atoms with van der Waals surface area (Å²) in [4.78, 5) is 25.1. The quantitative estimate of drug-likeness (QED) is 0.797. The number of carbonyl (C=O) groups excluding carboxylic acids is 2. The van der Waals surface area contributed by atoms with E-state index in [4.69, 9.17) is 0 Å². The Labute approximate surface area is 111 Å². The van der Waals surface area contributed by atoms with Gasteiger partial charge in [-0.05, 0) is 25.9 Å². The van der Waals surface area contributed by atoms with Crippen LogP contribution in [-0.2, 0) is 9.59 Å². The zero-order chi connectivity index (χ0) is 13.4. The van der Waals surface area contributed by atoms with Gasteiger partial charge < -0.3 is 5.32 Å². The third-order valence-electron chi connectivity index (χ3n) is 3.90. The zero-order valence-corrected chi connectivity index (χ0v) is 11.0. The van der Waals surface area contributed by atoms with Gasteiger partial charge in [-0.2, -0.15) is 5.10 Å². The van der Waals surface area contributed by atoms with Crippen LogP contribution in [0, 0.1) is 5.92 Å². The first-order valence-electron chi connectivity index (χ1n) is 6.78. The van der Waals surface area contributed by atoms with Crippen molar-refractivity contribution in [1.29, 1.82) is 0 Å². The molecular weight excluding hydrogens is 244 g/mol. The van der Waals surface area contributed by atoms with Gasteiger partial charge in [-0.15, -0.1) is 0 Å². The van der Waals surface area contributed by atoms with Crippen molar-refractivity contribution in [3.8, 4) is 0 Å². The van der Waals surface area contributed by atoms with Crippen LogP contribution in [0.15, 0.2) is 12.4 Å². The number of aromatic nitrogens is 2. The summed E-state index contributed by atoms with van der Waals surface area (Å²) >= 11 is 0. The molecule has 2 aliphatic rings. The molecule has 1 unspecified atom stereocenters. The van der Waals surface area contributed by atoms with E-state index in [1.165, 1.54) is 4.90 Å². The van der Waals surface area contributed by atoms with Crippen molar-refractivity contribution in [2.75, 3.05) is 18.0 Å². The maximum Gasteiger partial charge on any atom is 0.237 e. The number of carbonyl (C=O) groups is 2. The molecule has 0 aromatic carbocycles. The molecule has 6 heteroatoms. The Morgan fingerprint density at radius 1 is 1.32 bits per heavy atom. The van der Waals surface area contributed by atoms with Crippen molar-refractivity contribution in [2.45, 2.75) is 32.2 Å². The molecule has 1 N–H and O–H groups in total. The van der Waals surface area contributed by atoms with Crippen LogP contribution in [0.3, 0.4) is 0 Å². The summed E-state index contributed by atoms with van der Waals surface area (Å²) in [6, 6.07) is 0.361. The van der Waals surface area contributed by atoms with E-state index in [9.17, 15) is 9.59 Å². The summed E-state index contributed by atoms with van der Waals surface area (Å²) in [5.74, 6) is -0.452. The van der Waals surface area contributed by atoms with Gasteiger partial charge in [-0.25, -0.2) is 4.90 Å². The highest BCUT2D eigenvalue weighted by Crippen LogP contribution is 2.27. The molecule has 102 valence electrons. The second kappa shape index (κ2) is 4.77. The Morgan fingerprint density at radius 3 is 2.68 bits per heavy atom. The number of nitrogens with one attached hydrogen (secondary N) is 1. The number of anilines is 1. The fourth-order valence-electron chi connectivity index (χ4n) is 2.77. The molecule has 0 spiro atoms. The van der Waals surface area contributed by atoms with Gasteiger partial charge in [-0.1, -0.05) is 6.92 Å². The molecule has 3 rings (SSSR count). The normalized spacial score (nSPS) is 25.3. The van der Waals surface area contributed by atoms with Gasteiger partial charge in [0.25, 0.3) is 0 Å². The van der Waals surface area contributed by atoms with Crippen LogP contribution in [0.2, 0.25) is 0 Å². The van der Waals surface area contributed by atoms with E-state index < -0.39 is 0 Å². The number of rotatable bonds is 2. The summed E-state index contributed by atoms with van der Waals surface area (Å²) in [5.41, 5.74) is 0.609. The lowest BCUT2D eigenvalue weighted by Gasteiger charge is -2.22. The highest BCUT2D eigenvalue weighted by atomic mass is 16.2. The van der Waals surface area contributed by atoms with Gasteiger partial charge in [0.1, 0.15) is 0 Å². The molecule has 19 heavy (non-hydrogen) atoms. The molecule has 2 fully saturated rings. The molecule has 0 aliphatic carbocycles. The van der Waals surface area contributed by atoms with E-state index in [-0.39, 0.29) is 17.7 Å². The van der Waals surface area contributed by atoms with Crippen LogP contribution >= 0.6 is 0 Å². The van der Waals surface area contributed by atoms with Crippen molar-refractivity contribution in [3.63, 3.8) is 0 Å². The molecule has 0 bridgehead atoms. The van der Waals surface area contributed by atoms with Crippen LogP contribution in [0.5, 0.6) is 0 Å². The molecule has 6 nitrogen and oxygen atoms in total. The molecule has 2 aliphatic heterocycles. The molecular formula is C13H18N4O2. The van der Waals surface area contributed by atoms with E-state index in [0.29, 0.717) is 18.2 Å². The third kappa shape index (κ3) is 2.16. The van der Waals surface area contributed by atoms with Gasteiger partial charge in [0.2, 0.25) is 11.8 Å². The monoisotopic (exact) mass is 262 g/mol. The Kier molecular flexibility index (Phi) is 3.10. The first kappa shape index (κ1) is 12.3. The van der Waals surface area contributed by atoms with E-state index in [2.05, 4.69) is 10.4 Å². The average molecular weight is 262 g/mol. The smallest absolute Gasteiger partial charge is 0.237 e. The fraction of sp³-hybridized carbons (Fsp3) is 0.615. The van der Waals surface area contributed by atoms with Crippen LogP contribution in [0.25, 0.3) is 0 Å². The summed E-state index contributed by atoms with van der Waals surface area (Å²) in [6.45, 7) is 3.76. The average Bonchev–Trinajstić information content (AvgIpc) is 2.97. The minimum Gasteiger partial charge on any atom is -0.317 e. The van der Waals surface area contributed by atoms with E-state index in [1.807, 2.05) is 10.9 Å². The number of imide groups is 1. The third-order valence-corrected chi connectivity index (χ3v) is 3.90. The van der Waals surface area contributed by atoms with Crippen molar-refractivity contribution in [1.82, 2.24) is 15.1 Å². The maximum absolute atomic E-state index is 12.0. The van der Waals surface area contributed by atoms with Crippen molar-refractivity contribution < 1.29 is 9.59 Å². The molecule has 1 atom stereocenters. The van der Waals surface area contributed by atoms with Crippen LogP contribution < -0.4 is 10.2 Å². The molecule has 0 radical (unpaired) electrons. The number of nitrogens with zero attached hydrogens (tertiary/aromatic N) is 3. The van der Waals surface area contributed by atoms with Gasteiger partial charge in [0.05, 0.1) is 17.9 Å².